The minimum Gasteiger partial charge on any atom is -0.480 e. The zero-order chi connectivity index (χ0) is 15.4. The SMILES string of the molecule is NC(=O)CC(NC(=O)Cn1ccc2ccccc21)C(=O)O. The van der Waals surface area contributed by atoms with E-state index in [2.05, 4.69) is 5.32 Å². The summed E-state index contributed by atoms with van der Waals surface area (Å²) in [4.78, 5) is 33.6. The molecular formula is C14H15N3O4. The number of primary amides is 1. The predicted molar refractivity (Wildman–Crippen MR) is 75.3 cm³/mol. The number of hydrogen-bond acceptors (Lipinski definition) is 3. The normalized spacial score (nSPS) is 12.0. The predicted octanol–water partition coefficient (Wildman–Crippen LogP) is 0.0861. The first kappa shape index (κ1) is 14.6. The molecule has 1 heterocycles. The molecule has 0 aliphatic rings. The molecule has 7 heteroatoms. The van der Waals surface area contributed by atoms with Crippen LogP contribution in [0.25, 0.3) is 10.9 Å². The minimum absolute atomic E-state index is 0.0317. The number of carbonyl (C=O) groups excluding carboxylic acids is 2. The fourth-order valence-electron chi connectivity index (χ4n) is 2.07. The Hall–Kier alpha value is -2.83. The Balaban J connectivity index is 2.07. The maximum absolute atomic E-state index is 11.9. The monoisotopic (exact) mass is 289 g/mol. The van der Waals surface area contributed by atoms with E-state index in [0.29, 0.717) is 0 Å². The Kier molecular flexibility index (Phi) is 4.22. The molecule has 1 atom stereocenters. The van der Waals surface area contributed by atoms with Crippen LogP contribution in [0.3, 0.4) is 0 Å². The fourth-order valence-corrected chi connectivity index (χ4v) is 2.07. The number of amides is 2. The largest absolute Gasteiger partial charge is 0.480 e. The average Bonchev–Trinajstić information content (AvgIpc) is 2.81. The maximum atomic E-state index is 11.9. The van der Waals surface area contributed by atoms with Crippen LogP contribution in [0.1, 0.15) is 6.42 Å². The summed E-state index contributed by atoms with van der Waals surface area (Å²) in [6.07, 6.45) is 1.31. The van der Waals surface area contributed by atoms with Gasteiger partial charge in [0.15, 0.2) is 0 Å². The van der Waals surface area contributed by atoms with Gasteiger partial charge in [-0.1, -0.05) is 18.2 Å². The number of nitrogens with zero attached hydrogens (tertiary/aromatic N) is 1. The number of carbonyl (C=O) groups is 3. The Labute approximate surface area is 120 Å². The molecule has 0 fully saturated rings. The number of rotatable bonds is 6. The van der Waals surface area contributed by atoms with Gasteiger partial charge < -0.3 is 20.7 Å². The van der Waals surface area contributed by atoms with Crippen molar-refractivity contribution in [1.29, 1.82) is 0 Å². The molecule has 0 aliphatic carbocycles. The second-order valence-corrected chi connectivity index (χ2v) is 4.63. The quantitative estimate of drug-likeness (QED) is 0.699. The fraction of sp³-hybridized carbons (Fsp3) is 0.214. The molecule has 21 heavy (non-hydrogen) atoms. The maximum Gasteiger partial charge on any atom is 0.326 e. The van der Waals surface area contributed by atoms with Gasteiger partial charge in [-0.15, -0.1) is 0 Å². The smallest absolute Gasteiger partial charge is 0.326 e. The first-order chi connectivity index (χ1) is 9.97. The van der Waals surface area contributed by atoms with Gasteiger partial charge in [-0.3, -0.25) is 9.59 Å². The van der Waals surface area contributed by atoms with Gasteiger partial charge in [0.1, 0.15) is 12.6 Å². The summed E-state index contributed by atoms with van der Waals surface area (Å²) < 4.78 is 1.70. The molecule has 0 aliphatic heterocycles. The molecule has 0 saturated carbocycles. The number of carboxylic acids is 1. The standard InChI is InChI=1S/C14H15N3O4/c15-12(18)7-10(14(20)21)16-13(19)8-17-6-5-9-3-1-2-4-11(9)17/h1-6,10H,7-8H2,(H2,15,18)(H,16,19)(H,20,21). The van der Waals surface area contributed by atoms with Crippen LogP contribution in [0.15, 0.2) is 36.5 Å². The molecule has 4 N–H and O–H groups in total. The van der Waals surface area contributed by atoms with Crippen molar-refractivity contribution in [1.82, 2.24) is 9.88 Å². The zero-order valence-electron chi connectivity index (χ0n) is 11.2. The van der Waals surface area contributed by atoms with E-state index >= 15 is 0 Å². The molecular weight excluding hydrogens is 274 g/mol. The summed E-state index contributed by atoms with van der Waals surface area (Å²) in [5.41, 5.74) is 5.83. The highest BCUT2D eigenvalue weighted by Crippen LogP contribution is 2.14. The van der Waals surface area contributed by atoms with Crippen molar-refractivity contribution >= 4 is 28.7 Å². The number of aromatic nitrogens is 1. The molecule has 7 nitrogen and oxygen atoms in total. The average molecular weight is 289 g/mol. The van der Waals surface area contributed by atoms with Crippen molar-refractivity contribution in [2.24, 2.45) is 5.73 Å². The summed E-state index contributed by atoms with van der Waals surface area (Å²) in [6, 6.07) is 8.07. The van der Waals surface area contributed by atoms with E-state index in [4.69, 9.17) is 10.8 Å². The van der Waals surface area contributed by atoms with E-state index in [-0.39, 0.29) is 6.54 Å². The Morgan fingerprint density at radius 1 is 1.24 bits per heavy atom. The molecule has 2 rings (SSSR count). The second kappa shape index (κ2) is 6.08. The molecule has 0 saturated heterocycles. The van der Waals surface area contributed by atoms with Gasteiger partial charge in [0.05, 0.1) is 6.42 Å². The molecule has 0 bridgehead atoms. The number of nitrogens with two attached hydrogens (primary N) is 1. The van der Waals surface area contributed by atoms with E-state index in [1.807, 2.05) is 30.3 Å². The van der Waals surface area contributed by atoms with Crippen LogP contribution >= 0.6 is 0 Å². The molecule has 2 amide bonds. The van der Waals surface area contributed by atoms with Crippen LogP contribution < -0.4 is 11.1 Å². The van der Waals surface area contributed by atoms with Crippen molar-refractivity contribution in [3.05, 3.63) is 36.5 Å². The number of benzene rings is 1. The van der Waals surface area contributed by atoms with Gasteiger partial charge in [-0.25, -0.2) is 4.79 Å². The lowest BCUT2D eigenvalue weighted by molar-refractivity contribution is -0.143. The highest BCUT2D eigenvalue weighted by Gasteiger charge is 2.22. The van der Waals surface area contributed by atoms with Crippen molar-refractivity contribution in [3.8, 4) is 0 Å². The van der Waals surface area contributed by atoms with E-state index in [1.165, 1.54) is 0 Å². The molecule has 0 radical (unpaired) electrons. The van der Waals surface area contributed by atoms with Gasteiger partial charge >= 0.3 is 5.97 Å². The molecule has 1 aromatic carbocycles. The number of carboxylic acid groups (broad SMARTS) is 1. The summed E-state index contributed by atoms with van der Waals surface area (Å²) in [6.45, 7) is -0.0317. The summed E-state index contributed by atoms with van der Waals surface area (Å²) >= 11 is 0. The topological polar surface area (TPSA) is 114 Å². The highest BCUT2D eigenvalue weighted by atomic mass is 16.4. The number of para-hydroxylation sites is 1. The third-order valence-corrected chi connectivity index (χ3v) is 3.03. The van der Waals surface area contributed by atoms with E-state index in [1.54, 1.807) is 10.8 Å². The molecule has 1 unspecified atom stereocenters. The minimum atomic E-state index is -1.31. The van der Waals surface area contributed by atoms with Crippen LogP contribution in [0, 0.1) is 0 Å². The van der Waals surface area contributed by atoms with Crippen LogP contribution in [0.2, 0.25) is 0 Å². The van der Waals surface area contributed by atoms with Crippen molar-refractivity contribution in [2.45, 2.75) is 19.0 Å². The van der Waals surface area contributed by atoms with Gasteiger partial charge in [0.2, 0.25) is 11.8 Å². The third-order valence-electron chi connectivity index (χ3n) is 3.03. The summed E-state index contributed by atoms with van der Waals surface area (Å²) in [5.74, 6) is -2.57. The highest BCUT2D eigenvalue weighted by molar-refractivity contribution is 5.89. The molecule has 110 valence electrons. The van der Waals surface area contributed by atoms with Crippen LogP contribution in [-0.2, 0) is 20.9 Å². The van der Waals surface area contributed by atoms with Gasteiger partial charge in [0.25, 0.3) is 0 Å². The van der Waals surface area contributed by atoms with E-state index in [9.17, 15) is 14.4 Å². The van der Waals surface area contributed by atoms with Crippen molar-refractivity contribution < 1.29 is 19.5 Å². The van der Waals surface area contributed by atoms with Gasteiger partial charge in [0, 0.05) is 11.7 Å². The van der Waals surface area contributed by atoms with Crippen LogP contribution in [0.4, 0.5) is 0 Å². The number of fused-ring (bicyclic) bond motifs is 1. The lowest BCUT2D eigenvalue weighted by Crippen LogP contribution is -2.44. The summed E-state index contributed by atoms with van der Waals surface area (Å²) in [7, 11) is 0. The van der Waals surface area contributed by atoms with E-state index in [0.717, 1.165) is 10.9 Å². The number of aliphatic carboxylic acids is 1. The second-order valence-electron chi connectivity index (χ2n) is 4.63. The van der Waals surface area contributed by atoms with Gasteiger partial charge in [-0.2, -0.15) is 0 Å². The first-order valence-electron chi connectivity index (χ1n) is 6.31. The zero-order valence-corrected chi connectivity index (χ0v) is 11.2. The van der Waals surface area contributed by atoms with Crippen molar-refractivity contribution in [2.75, 3.05) is 0 Å². The molecule has 2 aromatic rings. The molecule has 1 aromatic heterocycles. The summed E-state index contributed by atoms with van der Waals surface area (Å²) in [5, 5.41) is 12.2. The molecule has 0 spiro atoms. The lowest BCUT2D eigenvalue weighted by atomic mass is 10.2. The van der Waals surface area contributed by atoms with Gasteiger partial charge in [-0.05, 0) is 17.5 Å². The Morgan fingerprint density at radius 2 is 1.95 bits per heavy atom. The Bertz CT molecular complexity index is 692. The third kappa shape index (κ3) is 3.59. The van der Waals surface area contributed by atoms with Crippen molar-refractivity contribution in [3.63, 3.8) is 0 Å². The number of nitrogens with one attached hydrogen (secondary N) is 1. The van der Waals surface area contributed by atoms with Crippen LogP contribution in [0.5, 0.6) is 0 Å². The lowest BCUT2D eigenvalue weighted by Gasteiger charge is -2.13. The number of hydrogen-bond donors (Lipinski definition) is 3. The first-order valence-corrected chi connectivity index (χ1v) is 6.31. The Morgan fingerprint density at radius 3 is 2.62 bits per heavy atom. The van der Waals surface area contributed by atoms with Crippen LogP contribution in [-0.4, -0.2) is 33.5 Å². The van der Waals surface area contributed by atoms with E-state index < -0.39 is 30.2 Å².